The molecule has 0 aliphatic carbocycles. The number of anilines is 3. The molecule has 2 N–H and O–H groups in total. The van der Waals surface area contributed by atoms with Gasteiger partial charge in [0.25, 0.3) is 5.91 Å². The summed E-state index contributed by atoms with van der Waals surface area (Å²) in [5, 5.41) is 15.5. The average molecular weight is 384 g/mol. The third-order valence-corrected chi connectivity index (χ3v) is 3.89. The summed E-state index contributed by atoms with van der Waals surface area (Å²) in [4.78, 5) is 20.4. The average Bonchev–Trinajstić information content (AvgIpc) is 2.64. The van der Waals surface area contributed by atoms with Crippen LogP contribution in [0.15, 0.2) is 54.9 Å². The van der Waals surface area contributed by atoms with Crippen LogP contribution in [0.25, 0.3) is 0 Å². The molecular weight excluding hydrogens is 373 g/mol. The minimum Gasteiger partial charge on any atom is -0.340 e. The Bertz CT molecular complexity index is 1020. The molecule has 0 bridgehead atoms. The Labute approximate surface area is 159 Å². The lowest BCUT2D eigenvalue weighted by Gasteiger charge is -2.09. The Balaban J connectivity index is 1.78. The number of aromatic nitrogens is 2. The van der Waals surface area contributed by atoms with Crippen molar-refractivity contribution < 1.29 is 4.79 Å². The van der Waals surface area contributed by atoms with Crippen LogP contribution in [0.2, 0.25) is 10.0 Å². The highest BCUT2D eigenvalue weighted by molar-refractivity contribution is 6.36. The monoisotopic (exact) mass is 383 g/mol. The summed E-state index contributed by atoms with van der Waals surface area (Å²) in [5.41, 5.74) is 1.77. The van der Waals surface area contributed by atoms with Crippen molar-refractivity contribution in [3.8, 4) is 6.07 Å². The van der Waals surface area contributed by atoms with Crippen molar-refractivity contribution in [2.24, 2.45) is 0 Å². The number of benzene rings is 2. The second kappa shape index (κ2) is 7.83. The Morgan fingerprint density at radius 3 is 2.69 bits per heavy atom. The van der Waals surface area contributed by atoms with Gasteiger partial charge in [-0.15, -0.1) is 0 Å². The number of carbonyl (C=O) groups excluding carboxylic acids is 1. The SMILES string of the molecule is N#Cc1cccc(Nc2cc(C(=O)Nc3ccc(Cl)cc3Cl)ncn2)c1. The van der Waals surface area contributed by atoms with Gasteiger partial charge in [0.2, 0.25) is 0 Å². The molecule has 6 nitrogen and oxygen atoms in total. The second-order valence-electron chi connectivity index (χ2n) is 5.18. The van der Waals surface area contributed by atoms with Crippen molar-refractivity contribution >= 4 is 46.3 Å². The van der Waals surface area contributed by atoms with Gasteiger partial charge in [0.15, 0.2) is 0 Å². The third kappa shape index (κ3) is 4.28. The largest absolute Gasteiger partial charge is 0.340 e. The summed E-state index contributed by atoms with van der Waals surface area (Å²) in [7, 11) is 0. The fraction of sp³-hybridized carbons (Fsp3) is 0. The van der Waals surface area contributed by atoms with Gasteiger partial charge in [-0.25, -0.2) is 9.97 Å². The molecule has 2 aromatic carbocycles. The standard InChI is InChI=1S/C18H11Cl2N5O/c19-12-4-5-15(14(20)7-12)25-18(26)16-8-17(23-10-22-16)24-13-3-1-2-11(6-13)9-21/h1-8,10H,(H,25,26)(H,22,23,24). The minimum absolute atomic E-state index is 0.157. The first-order chi connectivity index (χ1) is 12.5. The van der Waals surface area contributed by atoms with E-state index in [1.54, 1.807) is 36.4 Å². The topological polar surface area (TPSA) is 90.7 Å². The smallest absolute Gasteiger partial charge is 0.274 e. The number of amides is 1. The number of rotatable bonds is 4. The molecule has 0 aliphatic heterocycles. The Kier molecular flexibility index (Phi) is 5.32. The Morgan fingerprint density at radius 1 is 1.08 bits per heavy atom. The van der Waals surface area contributed by atoms with E-state index in [9.17, 15) is 4.79 Å². The number of carbonyl (C=O) groups is 1. The highest BCUT2D eigenvalue weighted by Crippen LogP contribution is 2.26. The van der Waals surface area contributed by atoms with E-state index in [4.69, 9.17) is 28.5 Å². The van der Waals surface area contributed by atoms with E-state index in [0.717, 1.165) is 0 Å². The summed E-state index contributed by atoms with van der Waals surface area (Å²) in [5.74, 6) is -0.0205. The van der Waals surface area contributed by atoms with Gasteiger partial charge in [-0.05, 0) is 36.4 Å². The molecule has 3 aromatic rings. The van der Waals surface area contributed by atoms with Crippen molar-refractivity contribution in [1.29, 1.82) is 5.26 Å². The highest BCUT2D eigenvalue weighted by atomic mass is 35.5. The van der Waals surface area contributed by atoms with Crippen LogP contribution in [0.5, 0.6) is 0 Å². The van der Waals surface area contributed by atoms with Crippen molar-refractivity contribution in [2.45, 2.75) is 0 Å². The molecule has 1 amide bonds. The molecule has 0 atom stereocenters. The number of nitriles is 1. The van der Waals surface area contributed by atoms with Gasteiger partial charge in [0.1, 0.15) is 17.8 Å². The first kappa shape index (κ1) is 17.7. The Morgan fingerprint density at radius 2 is 1.92 bits per heavy atom. The van der Waals surface area contributed by atoms with Crippen LogP contribution in [0.4, 0.5) is 17.2 Å². The van der Waals surface area contributed by atoms with Gasteiger partial charge in [-0.3, -0.25) is 4.79 Å². The molecule has 1 aromatic heterocycles. The molecule has 0 saturated heterocycles. The normalized spacial score (nSPS) is 10.0. The maximum absolute atomic E-state index is 12.4. The molecule has 0 saturated carbocycles. The maximum atomic E-state index is 12.4. The van der Waals surface area contributed by atoms with E-state index < -0.39 is 5.91 Å². The lowest BCUT2D eigenvalue weighted by molar-refractivity contribution is 0.102. The summed E-state index contributed by atoms with van der Waals surface area (Å²) in [6, 6.07) is 15.2. The lowest BCUT2D eigenvalue weighted by atomic mass is 10.2. The molecule has 1 heterocycles. The van der Waals surface area contributed by atoms with Crippen LogP contribution in [0.3, 0.4) is 0 Å². The minimum atomic E-state index is -0.439. The fourth-order valence-corrected chi connectivity index (χ4v) is 2.60. The molecule has 26 heavy (non-hydrogen) atoms. The molecule has 0 fully saturated rings. The van der Waals surface area contributed by atoms with Crippen LogP contribution in [0.1, 0.15) is 16.1 Å². The molecule has 0 radical (unpaired) electrons. The van der Waals surface area contributed by atoms with Gasteiger partial charge in [0, 0.05) is 16.8 Å². The highest BCUT2D eigenvalue weighted by Gasteiger charge is 2.11. The number of hydrogen-bond acceptors (Lipinski definition) is 5. The van der Waals surface area contributed by atoms with E-state index in [1.165, 1.54) is 18.5 Å². The summed E-state index contributed by atoms with van der Waals surface area (Å²) in [6.07, 6.45) is 1.27. The number of hydrogen-bond donors (Lipinski definition) is 2. The fourth-order valence-electron chi connectivity index (χ4n) is 2.14. The van der Waals surface area contributed by atoms with Gasteiger partial charge in [-0.2, -0.15) is 5.26 Å². The van der Waals surface area contributed by atoms with Crippen LogP contribution in [-0.2, 0) is 0 Å². The van der Waals surface area contributed by atoms with Crippen LogP contribution in [-0.4, -0.2) is 15.9 Å². The molecule has 3 rings (SSSR count). The second-order valence-corrected chi connectivity index (χ2v) is 6.03. The van der Waals surface area contributed by atoms with Crippen molar-refractivity contribution in [3.05, 3.63) is 76.2 Å². The number of nitrogens with zero attached hydrogens (tertiary/aromatic N) is 3. The molecular formula is C18H11Cl2N5O. The first-order valence-corrected chi connectivity index (χ1v) is 8.16. The zero-order valence-corrected chi connectivity index (χ0v) is 14.7. The van der Waals surface area contributed by atoms with Crippen LogP contribution >= 0.6 is 23.2 Å². The van der Waals surface area contributed by atoms with E-state index in [2.05, 4.69) is 26.7 Å². The molecule has 128 valence electrons. The van der Waals surface area contributed by atoms with E-state index >= 15 is 0 Å². The molecule has 0 spiro atoms. The van der Waals surface area contributed by atoms with E-state index in [1.807, 2.05) is 0 Å². The molecule has 0 unspecified atom stereocenters. The maximum Gasteiger partial charge on any atom is 0.274 e. The Hall–Kier alpha value is -3.14. The van der Waals surface area contributed by atoms with Gasteiger partial charge < -0.3 is 10.6 Å². The predicted octanol–water partition coefficient (Wildman–Crippen LogP) is 4.65. The summed E-state index contributed by atoms with van der Waals surface area (Å²) in [6.45, 7) is 0. The summed E-state index contributed by atoms with van der Waals surface area (Å²) < 4.78 is 0. The number of nitrogens with one attached hydrogen (secondary N) is 2. The van der Waals surface area contributed by atoms with E-state index in [0.29, 0.717) is 32.8 Å². The first-order valence-electron chi connectivity index (χ1n) is 7.41. The molecule has 0 aliphatic rings. The van der Waals surface area contributed by atoms with Crippen molar-refractivity contribution in [2.75, 3.05) is 10.6 Å². The van der Waals surface area contributed by atoms with Crippen molar-refractivity contribution in [3.63, 3.8) is 0 Å². The van der Waals surface area contributed by atoms with E-state index in [-0.39, 0.29) is 5.69 Å². The number of halogens is 2. The lowest BCUT2D eigenvalue weighted by Crippen LogP contribution is -2.14. The van der Waals surface area contributed by atoms with Crippen LogP contribution < -0.4 is 10.6 Å². The van der Waals surface area contributed by atoms with Gasteiger partial charge >= 0.3 is 0 Å². The zero-order valence-electron chi connectivity index (χ0n) is 13.2. The molecule has 8 heteroatoms. The van der Waals surface area contributed by atoms with Crippen LogP contribution in [0, 0.1) is 11.3 Å². The summed E-state index contributed by atoms with van der Waals surface area (Å²) >= 11 is 11.9. The van der Waals surface area contributed by atoms with Gasteiger partial charge in [0.05, 0.1) is 22.3 Å². The van der Waals surface area contributed by atoms with Crippen molar-refractivity contribution in [1.82, 2.24) is 9.97 Å². The predicted molar refractivity (Wildman–Crippen MR) is 101 cm³/mol. The quantitative estimate of drug-likeness (QED) is 0.683. The van der Waals surface area contributed by atoms with Gasteiger partial charge in [-0.1, -0.05) is 29.3 Å². The third-order valence-electron chi connectivity index (χ3n) is 3.34. The zero-order chi connectivity index (χ0) is 18.5.